The summed E-state index contributed by atoms with van der Waals surface area (Å²) in [7, 11) is -3.59. The van der Waals surface area contributed by atoms with Crippen LogP contribution in [-0.4, -0.2) is 20.8 Å². The Morgan fingerprint density at radius 1 is 1.39 bits per heavy atom. The third-order valence-corrected chi connectivity index (χ3v) is 3.00. The number of rotatable bonds is 4. The second-order valence-electron chi connectivity index (χ2n) is 3.58. The van der Waals surface area contributed by atoms with Gasteiger partial charge in [0.2, 0.25) is 15.8 Å². The highest BCUT2D eigenvalue weighted by Gasteiger charge is 2.15. The summed E-state index contributed by atoms with van der Waals surface area (Å²) < 4.78 is 32.1. The number of furan rings is 1. The van der Waals surface area contributed by atoms with E-state index in [0.29, 0.717) is 11.0 Å². The van der Waals surface area contributed by atoms with E-state index in [-0.39, 0.29) is 23.9 Å². The molecule has 2 rings (SSSR count). The van der Waals surface area contributed by atoms with Crippen LogP contribution in [0.2, 0.25) is 0 Å². The van der Waals surface area contributed by atoms with Gasteiger partial charge in [-0.25, -0.2) is 13.6 Å². The van der Waals surface area contributed by atoms with E-state index in [4.69, 9.17) is 19.6 Å². The Labute approximate surface area is 104 Å². The van der Waals surface area contributed by atoms with Crippen LogP contribution in [0.4, 0.5) is 0 Å². The zero-order valence-electron chi connectivity index (χ0n) is 9.29. The van der Waals surface area contributed by atoms with Crippen LogP contribution in [0.25, 0.3) is 11.0 Å². The van der Waals surface area contributed by atoms with Crippen molar-refractivity contribution in [1.29, 1.82) is 5.26 Å². The number of fused-ring (bicyclic) bond motifs is 1. The first kappa shape index (κ1) is 12.4. The molecular weight excluding hydrogens is 256 g/mol. The second-order valence-corrected chi connectivity index (χ2v) is 5.32. The lowest BCUT2D eigenvalue weighted by Crippen LogP contribution is -2.21. The maximum atomic E-state index is 10.8. The Balaban J connectivity index is 2.29. The molecule has 1 heterocycles. The number of nitriles is 1. The van der Waals surface area contributed by atoms with Gasteiger partial charge in [0.15, 0.2) is 5.75 Å². The average Bonchev–Trinajstić information content (AvgIpc) is 2.66. The number of primary sulfonamides is 1. The van der Waals surface area contributed by atoms with Gasteiger partial charge in [0.05, 0.1) is 11.1 Å². The van der Waals surface area contributed by atoms with Crippen molar-refractivity contribution in [2.24, 2.45) is 5.14 Å². The Kier molecular flexibility index (Phi) is 3.23. The molecule has 2 aromatic rings. The Morgan fingerprint density at radius 2 is 2.11 bits per heavy atom. The van der Waals surface area contributed by atoms with Crippen molar-refractivity contribution < 1.29 is 17.6 Å². The number of sulfonamides is 1. The van der Waals surface area contributed by atoms with Gasteiger partial charge in [-0.05, 0) is 12.1 Å². The summed E-state index contributed by atoms with van der Waals surface area (Å²) in [6, 6.07) is 8.82. The predicted molar refractivity (Wildman–Crippen MR) is 64.4 cm³/mol. The van der Waals surface area contributed by atoms with E-state index in [1.165, 1.54) is 0 Å². The molecule has 0 aliphatic heterocycles. The zero-order valence-corrected chi connectivity index (χ0v) is 10.1. The smallest absolute Gasteiger partial charge is 0.246 e. The number of hydrogen-bond acceptors (Lipinski definition) is 5. The fraction of sp³-hybridized carbons (Fsp3) is 0.182. The fourth-order valence-corrected chi connectivity index (χ4v) is 1.81. The highest BCUT2D eigenvalue weighted by atomic mass is 32.2. The summed E-state index contributed by atoms with van der Waals surface area (Å²) in [6.45, 7) is -0.128. The lowest BCUT2D eigenvalue weighted by atomic mass is 10.2. The third kappa shape index (κ3) is 2.61. The molecule has 0 unspecified atom stereocenters. The molecule has 0 spiro atoms. The number of hydrogen-bond donors (Lipinski definition) is 1. The van der Waals surface area contributed by atoms with Gasteiger partial charge in [-0.2, -0.15) is 5.26 Å². The van der Waals surface area contributed by atoms with Crippen LogP contribution in [0, 0.1) is 11.3 Å². The molecule has 0 amide bonds. The van der Waals surface area contributed by atoms with E-state index < -0.39 is 10.0 Å². The van der Waals surface area contributed by atoms with E-state index in [0.717, 1.165) is 0 Å². The lowest BCUT2D eigenvalue weighted by molar-refractivity contribution is 0.337. The van der Waals surface area contributed by atoms with Crippen LogP contribution in [0.5, 0.6) is 5.75 Å². The number of nitrogens with two attached hydrogens (primary N) is 1. The van der Waals surface area contributed by atoms with Gasteiger partial charge < -0.3 is 9.15 Å². The minimum atomic E-state index is -3.59. The molecular formula is C11H10N2O4S. The first-order chi connectivity index (χ1) is 8.51. The van der Waals surface area contributed by atoms with E-state index in [1.807, 2.05) is 6.07 Å². The standard InChI is InChI=1S/C11H10N2O4S/c12-7-10-11(16-5-6-18(13,14)15)8-3-1-2-4-9(8)17-10/h1-4H,5-6H2,(H2,13,14,15). The summed E-state index contributed by atoms with van der Waals surface area (Å²) in [4.78, 5) is 0. The molecule has 0 aliphatic carbocycles. The first-order valence-corrected chi connectivity index (χ1v) is 6.78. The van der Waals surface area contributed by atoms with Crippen molar-refractivity contribution >= 4 is 21.0 Å². The van der Waals surface area contributed by atoms with Gasteiger partial charge in [0.25, 0.3) is 0 Å². The summed E-state index contributed by atoms with van der Waals surface area (Å²) in [6.07, 6.45) is 0. The van der Waals surface area contributed by atoms with Crippen LogP contribution in [0.3, 0.4) is 0 Å². The summed E-state index contributed by atoms with van der Waals surface area (Å²) >= 11 is 0. The van der Waals surface area contributed by atoms with Crippen molar-refractivity contribution in [2.75, 3.05) is 12.4 Å². The van der Waals surface area contributed by atoms with Gasteiger partial charge in [-0.3, -0.25) is 0 Å². The van der Waals surface area contributed by atoms with Crippen molar-refractivity contribution in [3.05, 3.63) is 30.0 Å². The molecule has 0 bridgehead atoms. The lowest BCUT2D eigenvalue weighted by Gasteiger charge is -2.03. The van der Waals surface area contributed by atoms with E-state index in [1.54, 1.807) is 24.3 Å². The molecule has 1 aromatic heterocycles. The molecule has 0 atom stereocenters. The second kappa shape index (κ2) is 4.68. The molecule has 0 aliphatic rings. The quantitative estimate of drug-likeness (QED) is 0.887. The van der Waals surface area contributed by atoms with Crippen molar-refractivity contribution in [3.8, 4) is 11.8 Å². The molecule has 6 nitrogen and oxygen atoms in total. The van der Waals surface area contributed by atoms with Crippen molar-refractivity contribution in [2.45, 2.75) is 0 Å². The van der Waals surface area contributed by atoms with Crippen LogP contribution in [0.1, 0.15) is 5.76 Å². The molecule has 7 heteroatoms. The minimum absolute atomic E-state index is 0.0191. The molecule has 1 aromatic carbocycles. The van der Waals surface area contributed by atoms with Gasteiger partial charge >= 0.3 is 0 Å². The van der Waals surface area contributed by atoms with E-state index in [9.17, 15) is 8.42 Å². The van der Waals surface area contributed by atoms with Gasteiger partial charge in [0.1, 0.15) is 18.3 Å². The van der Waals surface area contributed by atoms with Crippen molar-refractivity contribution in [3.63, 3.8) is 0 Å². The average molecular weight is 266 g/mol. The Hall–Kier alpha value is -2.04. The van der Waals surface area contributed by atoms with Crippen LogP contribution >= 0.6 is 0 Å². The van der Waals surface area contributed by atoms with Crippen LogP contribution in [-0.2, 0) is 10.0 Å². The predicted octanol–water partition coefficient (Wildman–Crippen LogP) is 0.972. The maximum absolute atomic E-state index is 10.8. The highest BCUT2D eigenvalue weighted by Crippen LogP contribution is 2.32. The molecule has 2 N–H and O–H groups in total. The van der Waals surface area contributed by atoms with Crippen molar-refractivity contribution in [1.82, 2.24) is 0 Å². The number of nitrogens with zero attached hydrogens (tertiary/aromatic N) is 1. The van der Waals surface area contributed by atoms with E-state index in [2.05, 4.69) is 0 Å². The Bertz CT molecular complexity index is 712. The third-order valence-electron chi connectivity index (χ3n) is 2.27. The Morgan fingerprint density at radius 3 is 2.78 bits per heavy atom. The van der Waals surface area contributed by atoms with Gasteiger partial charge in [-0.1, -0.05) is 12.1 Å². The largest absolute Gasteiger partial charge is 0.487 e. The van der Waals surface area contributed by atoms with Gasteiger partial charge in [-0.15, -0.1) is 0 Å². The minimum Gasteiger partial charge on any atom is -0.487 e. The SMILES string of the molecule is N#Cc1oc2ccccc2c1OCCS(N)(=O)=O. The summed E-state index contributed by atoms with van der Waals surface area (Å²) in [5.74, 6) is -0.0560. The summed E-state index contributed by atoms with van der Waals surface area (Å²) in [5.41, 5.74) is 0.514. The first-order valence-electron chi connectivity index (χ1n) is 5.06. The highest BCUT2D eigenvalue weighted by molar-refractivity contribution is 7.89. The van der Waals surface area contributed by atoms with E-state index >= 15 is 0 Å². The summed E-state index contributed by atoms with van der Waals surface area (Å²) in [5, 5.41) is 14.4. The normalized spacial score (nSPS) is 11.3. The number of para-hydroxylation sites is 1. The maximum Gasteiger partial charge on any atom is 0.246 e. The molecule has 94 valence electrons. The topological polar surface area (TPSA) is 106 Å². The number of ether oxygens (including phenoxy) is 1. The molecule has 0 fully saturated rings. The molecule has 0 saturated heterocycles. The van der Waals surface area contributed by atoms with Gasteiger partial charge in [0, 0.05) is 0 Å². The fourth-order valence-electron chi connectivity index (χ4n) is 1.50. The van der Waals surface area contributed by atoms with Crippen LogP contribution in [0.15, 0.2) is 28.7 Å². The molecule has 18 heavy (non-hydrogen) atoms. The molecule has 0 saturated carbocycles. The zero-order chi connectivity index (χ0) is 13.2. The number of benzene rings is 1. The molecule has 0 radical (unpaired) electrons. The monoisotopic (exact) mass is 266 g/mol. The van der Waals surface area contributed by atoms with Crippen LogP contribution < -0.4 is 9.88 Å².